The predicted molar refractivity (Wildman–Crippen MR) is 79.1 cm³/mol. The van der Waals surface area contributed by atoms with Crippen LogP contribution in [0, 0.1) is 5.92 Å². The van der Waals surface area contributed by atoms with Crippen LogP contribution in [0.25, 0.3) is 0 Å². The highest BCUT2D eigenvalue weighted by molar-refractivity contribution is 9.10. The maximum atomic E-state index is 6.29. The molecule has 1 atom stereocenters. The molecule has 102 valence electrons. The maximum Gasteiger partial charge on any atom is 0.0767 e. The van der Waals surface area contributed by atoms with E-state index in [1.807, 2.05) is 0 Å². The van der Waals surface area contributed by atoms with Gasteiger partial charge in [0.25, 0.3) is 0 Å². The number of hydrogen-bond acceptors (Lipinski definition) is 2. The summed E-state index contributed by atoms with van der Waals surface area (Å²) in [5.41, 5.74) is 2.37. The van der Waals surface area contributed by atoms with Gasteiger partial charge >= 0.3 is 0 Å². The second-order valence-corrected chi connectivity index (χ2v) is 6.21. The third kappa shape index (κ3) is 3.28. The zero-order valence-corrected chi connectivity index (χ0v) is 13.4. The number of aryl methyl sites for hydroxylation is 2. The molecule has 0 aliphatic heterocycles. The van der Waals surface area contributed by atoms with Crippen molar-refractivity contribution < 1.29 is 0 Å². The molecule has 0 radical (unpaired) electrons. The normalized spacial score (nSPS) is 17.1. The number of nitrogens with one attached hydrogen (secondary N) is 1. The molecule has 1 aliphatic carbocycles. The Balaban J connectivity index is 1.92. The van der Waals surface area contributed by atoms with E-state index in [0.29, 0.717) is 0 Å². The molecule has 0 spiro atoms. The first-order valence-electron chi connectivity index (χ1n) is 6.76. The third-order valence-electron chi connectivity index (χ3n) is 3.46. The Morgan fingerprint density at radius 3 is 2.78 bits per heavy atom. The Hall–Kier alpha value is -0.0600. The number of aromatic nitrogens is 2. The van der Waals surface area contributed by atoms with Crippen molar-refractivity contribution >= 4 is 27.5 Å². The standard InChI is InChI=1S/C13H21BrClN3/c1-3-11-13(14)12(18(4-2)17-11)8-16-7-10(15)9-5-6-9/h9-10,16H,3-8H2,1-2H3. The van der Waals surface area contributed by atoms with E-state index in [0.717, 1.165) is 42.1 Å². The molecular formula is C13H21BrClN3. The van der Waals surface area contributed by atoms with Gasteiger partial charge in [-0.2, -0.15) is 5.10 Å². The zero-order valence-electron chi connectivity index (χ0n) is 11.0. The highest BCUT2D eigenvalue weighted by atomic mass is 79.9. The molecule has 1 saturated carbocycles. The fourth-order valence-electron chi connectivity index (χ4n) is 2.14. The van der Waals surface area contributed by atoms with Gasteiger partial charge in [-0.3, -0.25) is 4.68 Å². The van der Waals surface area contributed by atoms with Gasteiger partial charge in [-0.1, -0.05) is 6.92 Å². The lowest BCUT2D eigenvalue weighted by Gasteiger charge is -2.11. The molecule has 1 aliphatic rings. The minimum atomic E-state index is 0.285. The number of rotatable bonds is 7. The second kappa shape index (κ2) is 6.40. The van der Waals surface area contributed by atoms with Crippen LogP contribution in [0.1, 0.15) is 38.1 Å². The molecule has 1 aromatic rings. The molecule has 0 saturated heterocycles. The molecule has 3 nitrogen and oxygen atoms in total. The molecule has 1 fully saturated rings. The Bertz CT molecular complexity index is 401. The molecule has 1 heterocycles. The molecule has 0 bridgehead atoms. The summed E-state index contributed by atoms with van der Waals surface area (Å²) in [5, 5.41) is 8.33. The summed E-state index contributed by atoms with van der Waals surface area (Å²) in [6, 6.07) is 0. The van der Waals surface area contributed by atoms with Crippen molar-refractivity contribution in [2.45, 2.75) is 51.6 Å². The van der Waals surface area contributed by atoms with E-state index in [1.165, 1.54) is 18.5 Å². The van der Waals surface area contributed by atoms with Crippen LogP contribution in [-0.2, 0) is 19.5 Å². The first kappa shape index (κ1) is 14.4. The highest BCUT2D eigenvalue weighted by Crippen LogP contribution is 2.35. The van der Waals surface area contributed by atoms with Crippen LogP contribution in [0.5, 0.6) is 0 Å². The van der Waals surface area contributed by atoms with Gasteiger partial charge in [0, 0.05) is 25.0 Å². The van der Waals surface area contributed by atoms with Gasteiger partial charge in [-0.15, -0.1) is 11.6 Å². The van der Waals surface area contributed by atoms with Gasteiger partial charge in [-0.25, -0.2) is 0 Å². The lowest BCUT2D eigenvalue weighted by molar-refractivity contribution is 0.561. The van der Waals surface area contributed by atoms with Gasteiger partial charge in [0.2, 0.25) is 0 Å². The van der Waals surface area contributed by atoms with Crippen molar-refractivity contribution in [3.8, 4) is 0 Å². The molecule has 0 amide bonds. The van der Waals surface area contributed by atoms with Crippen LogP contribution in [0.2, 0.25) is 0 Å². The van der Waals surface area contributed by atoms with Gasteiger partial charge < -0.3 is 5.32 Å². The predicted octanol–water partition coefficient (Wildman–Crippen LogP) is 3.33. The fraction of sp³-hybridized carbons (Fsp3) is 0.769. The van der Waals surface area contributed by atoms with Crippen molar-refractivity contribution in [2.24, 2.45) is 5.92 Å². The number of alkyl halides is 1. The molecule has 1 N–H and O–H groups in total. The van der Waals surface area contributed by atoms with Crippen molar-refractivity contribution in [2.75, 3.05) is 6.54 Å². The maximum absolute atomic E-state index is 6.29. The third-order valence-corrected chi connectivity index (χ3v) is 4.89. The number of halogens is 2. The molecule has 2 rings (SSSR count). The van der Waals surface area contributed by atoms with E-state index >= 15 is 0 Å². The fourth-order valence-corrected chi connectivity index (χ4v) is 3.20. The first-order chi connectivity index (χ1) is 8.67. The highest BCUT2D eigenvalue weighted by Gasteiger charge is 2.29. The molecular weight excluding hydrogens is 314 g/mol. The van der Waals surface area contributed by atoms with Gasteiger partial charge in [0.1, 0.15) is 0 Å². The summed E-state index contributed by atoms with van der Waals surface area (Å²) >= 11 is 9.95. The average Bonchev–Trinajstić information content (AvgIpc) is 3.17. The van der Waals surface area contributed by atoms with Crippen LogP contribution in [0.4, 0.5) is 0 Å². The summed E-state index contributed by atoms with van der Waals surface area (Å²) in [5.74, 6) is 0.741. The quantitative estimate of drug-likeness (QED) is 0.775. The van der Waals surface area contributed by atoms with E-state index in [4.69, 9.17) is 11.6 Å². The Labute approximate surface area is 122 Å². The summed E-state index contributed by atoms with van der Waals surface area (Å²) < 4.78 is 3.22. The van der Waals surface area contributed by atoms with Gasteiger partial charge in [-0.05, 0) is 48.0 Å². The topological polar surface area (TPSA) is 29.9 Å². The van der Waals surface area contributed by atoms with Crippen molar-refractivity contribution in [3.05, 3.63) is 15.9 Å². The van der Waals surface area contributed by atoms with Crippen molar-refractivity contribution in [1.29, 1.82) is 0 Å². The number of nitrogens with zero attached hydrogens (tertiary/aromatic N) is 2. The van der Waals surface area contributed by atoms with E-state index in [2.05, 4.69) is 44.9 Å². The van der Waals surface area contributed by atoms with Gasteiger partial charge in [0.15, 0.2) is 0 Å². The monoisotopic (exact) mass is 333 g/mol. The Kier molecular flexibility index (Phi) is 5.10. The SMILES string of the molecule is CCc1nn(CC)c(CNCC(Cl)C2CC2)c1Br. The van der Waals surface area contributed by atoms with E-state index < -0.39 is 0 Å². The lowest BCUT2D eigenvalue weighted by Crippen LogP contribution is -2.25. The molecule has 0 aromatic carbocycles. The van der Waals surface area contributed by atoms with Crippen LogP contribution in [0.3, 0.4) is 0 Å². The molecule has 1 aromatic heterocycles. The number of hydrogen-bond donors (Lipinski definition) is 1. The Morgan fingerprint density at radius 1 is 1.50 bits per heavy atom. The minimum absolute atomic E-state index is 0.285. The van der Waals surface area contributed by atoms with Crippen LogP contribution in [0.15, 0.2) is 4.47 Å². The lowest BCUT2D eigenvalue weighted by atomic mass is 10.2. The largest absolute Gasteiger partial charge is 0.310 e. The Morgan fingerprint density at radius 2 is 2.22 bits per heavy atom. The van der Waals surface area contributed by atoms with Crippen LogP contribution >= 0.6 is 27.5 Å². The van der Waals surface area contributed by atoms with Crippen LogP contribution < -0.4 is 5.32 Å². The molecule has 5 heteroatoms. The smallest absolute Gasteiger partial charge is 0.0767 e. The van der Waals surface area contributed by atoms with Gasteiger partial charge in [0.05, 0.1) is 15.9 Å². The van der Waals surface area contributed by atoms with Crippen molar-refractivity contribution in [3.63, 3.8) is 0 Å². The molecule has 1 unspecified atom stereocenters. The van der Waals surface area contributed by atoms with Crippen LogP contribution in [-0.4, -0.2) is 21.7 Å². The van der Waals surface area contributed by atoms with E-state index in [9.17, 15) is 0 Å². The minimum Gasteiger partial charge on any atom is -0.310 e. The summed E-state index contributed by atoms with van der Waals surface area (Å²) in [7, 11) is 0. The summed E-state index contributed by atoms with van der Waals surface area (Å²) in [6.07, 6.45) is 3.56. The first-order valence-corrected chi connectivity index (χ1v) is 7.99. The second-order valence-electron chi connectivity index (χ2n) is 4.86. The average molecular weight is 335 g/mol. The van der Waals surface area contributed by atoms with E-state index in [-0.39, 0.29) is 5.38 Å². The molecule has 18 heavy (non-hydrogen) atoms. The van der Waals surface area contributed by atoms with Crippen molar-refractivity contribution in [1.82, 2.24) is 15.1 Å². The van der Waals surface area contributed by atoms with E-state index in [1.54, 1.807) is 0 Å². The summed E-state index contributed by atoms with van der Waals surface area (Å²) in [4.78, 5) is 0. The zero-order chi connectivity index (χ0) is 13.1. The summed E-state index contributed by atoms with van der Waals surface area (Å²) in [6.45, 7) is 6.87.